The molecule has 0 radical (unpaired) electrons. The number of rotatable bonds is 4. The fraction of sp³-hybridized carbons (Fsp3) is 0.600. The highest BCUT2D eigenvalue weighted by Crippen LogP contribution is 2.27. The summed E-state index contributed by atoms with van der Waals surface area (Å²) in [6, 6.07) is 4.28. The van der Waals surface area contributed by atoms with Crippen molar-refractivity contribution in [2.75, 3.05) is 5.88 Å². The van der Waals surface area contributed by atoms with Crippen LogP contribution >= 0.6 is 38.9 Å². The van der Waals surface area contributed by atoms with Crippen LogP contribution in [0.15, 0.2) is 15.9 Å². The lowest BCUT2D eigenvalue weighted by Gasteiger charge is -2.16. The van der Waals surface area contributed by atoms with Gasteiger partial charge in [-0.25, -0.2) is 0 Å². The zero-order valence-electron chi connectivity index (χ0n) is 7.89. The van der Waals surface area contributed by atoms with Crippen LogP contribution in [0.1, 0.15) is 18.7 Å². The fourth-order valence-corrected chi connectivity index (χ4v) is 3.23. The summed E-state index contributed by atoms with van der Waals surface area (Å²) in [5, 5.41) is 0. The van der Waals surface area contributed by atoms with Gasteiger partial charge in [0.2, 0.25) is 0 Å². The Balaban J connectivity index is 2.56. The van der Waals surface area contributed by atoms with E-state index < -0.39 is 0 Å². The van der Waals surface area contributed by atoms with Gasteiger partial charge in [-0.1, -0.05) is 13.8 Å². The Morgan fingerprint density at radius 3 is 2.54 bits per heavy atom. The monoisotopic (exact) mass is 280 g/mol. The van der Waals surface area contributed by atoms with E-state index in [1.54, 1.807) is 11.3 Å². The molecule has 0 saturated heterocycles. The molecule has 0 fully saturated rings. The molecule has 0 amide bonds. The van der Waals surface area contributed by atoms with Crippen LogP contribution in [0.5, 0.6) is 0 Å². The summed E-state index contributed by atoms with van der Waals surface area (Å²) >= 11 is 11.2. The van der Waals surface area contributed by atoms with Crippen molar-refractivity contribution >= 4 is 38.9 Å². The van der Waals surface area contributed by atoms with Crippen molar-refractivity contribution in [3.63, 3.8) is 0 Å². The van der Waals surface area contributed by atoms with E-state index in [2.05, 4.69) is 41.9 Å². The maximum absolute atomic E-state index is 5.91. The van der Waals surface area contributed by atoms with Gasteiger partial charge in [-0.3, -0.25) is 0 Å². The Kier molecular flexibility index (Phi) is 4.77. The molecule has 1 heterocycles. The summed E-state index contributed by atoms with van der Waals surface area (Å²) in [7, 11) is 0. The molecular formula is C10H14BrClS. The van der Waals surface area contributed by atoms with Crippen LogP contribution in [-0.2, 0) is 6.42 Å². The van der Waals surface area contributed by atoms with Crippen LogP contribution in [0.3, 0.4) is 0 Å². The standard InChI is InChI=1S/C10H14BrClS/c1-7(2)8(6-12)5-9-3-4-10(11)13-9/h3-4,7-8H,5-6H2,1-2H3. The Morgan fingerprint density at radius 1 is 1.46 bits per heavy atom. The van der Waals surface area contributed by atoms with Gasteiger partial charge >= 0.3 is 0 Å². The van der Waals surface area contributed by atoms with E-state index in [9.17, 15) is 0 Å². The lowest BCUT2D eigenvalue weighted by atomic mass is 9.94. The molecule has 1 rings (SSSR count). The second kappa shape index (κ2) is 5.38. The van der Waals surface area contributed by atoms with Gasteiger partial charge in [-0.2, -0.15) is 0 Å². The van der Waals surface area contributed by atoms with Crippen molar-refractivity contribution in [1.29, 1.82) is 0 Å². The third-order valence-corrected chi connectivity index (χ3v) is 4.28. The molecule has 0 spiro atoms. The number of alkyl halides is 1. The number of halogens is 2. The molecule has 74 valence electrons. The van der Waals surface area contributed by atoms with Gasteiger partial charge in [-0.15, -0.1) is 22.9 Å². The largest absolute Gasteiger partial charge is 0.133 e. The molecule has 1 unspecified atom stereocenters. The van der Waals surface area contributed by atoms with E-state index in [1.165, 1.54) is 8.66 Å². The smallest absolute Gasteiger partial charge is 0.0701 e. The van der Waals surface area contributed by atoms with Gasteiger partial charge in [0, 0.05) is 10.8 Å². The Morgan fingerprint density at radius 2 is 2.15 bits per heavy atom. The predicted octanol–water partition coefficient (Wildman–Crippen LogP) is 4.56. The molecule has 0 saturated carbocycles. The normalized spacial score (nSPS) is 13.6. The van der Waals surface area contributed by atoms with E-state index in [0.717, 1.165) is 12.3 Å². The molecule has 1 aromatic rings. The quantitative estimate of drug-likeness (QED) is 0.710. The molecule has 1 aromatic heterocycles. The number of hydrogen-bond donors (Lipinski definition) is 0. The number of hydrogen-bond acceptors (Lipinski definition) is 1. The Hall–Kier alpha value is 0.470. The van der Waals surface area contributed by atoms with Crippen LogP contribution in [0, 0.1) is 11.8 Å². The predicted molar refractivity (Wildman–Crippen MR) is 64.8 cm³/mol. The lowest BCUT2D eigenvalue weighted by Crippen LogP contribution is -2.12. The first kappa shape index (κ1) is 11.5. The zero-order chi connectivity index (χ0) is 9.84. The molecule has 13 heavy (non-hydrogen) atoms. The van der Waals surface area contributed by atoms with Gasteiger partial charge in [-0.05, 0) is 46.3 Å². The minimum atomic E-state index is 0.604. The van der Waals surface area contributed by atoms with Crippen molar-refractivity contribution in [2.24, 2.45) is 11.8 Å². The average molecular weight is 282 g/mol. The van der Waals surface area contributed by atoms with E-state index in [-0.39, 0.29) is 0 Å². The summed E-state index contributed by atoms with van der Waals surface area (Å²) in [5.74, 6) is 2.03. The van der Waals surface area contributed by atoms with Gasteiger partial charge < -0.3 is 0 Å². The van der Waals surface area contributed by atoms with Gasteiger partial charge in [0.15, 0.2) is 0 Å². The van der Waals surface area contributed by atoms with Crippen LogP contribution in [0.2, 0.25) is 0 Å². The summed E-state index contributed by atoms with van der Waals surface area (Å²) in [4.78, 5) is 1.42. The summed E-state index contributed by atoms with van der Waals surface area (Å²) < 4.78 is 1.21. The van der Waals surface area contributed by atoms with Crippen LogP contribution in [0.4, 0.5) is 0 Å². The first-order valence-corrected chi connectivity index (χ1v) is 6.58. The fourth-order valence-electron chi connectivity index (χ4n) is 1.19. The molecule has 0 aliphatic heterocycles. The van der Waals surface area contributed by atoms with Gasteiger partial charge in [0.1, 0.15) is 0 Å². The highest BCUT2D eigenvalue weighted by molar-refractivity contribution is 9.11. The molecule has 0 nitrogen and oxygen atoms in total. The maximum Gasteiger partial charge on any atom is 0.0701 e. The summed E-state index contributed by atoms with van der Waals surface area (Å²) in [6.45, 7) is 4.46. The minimum absolute atomic E-state index is 0.604. The Bertz CT molecular complexity index is 257. The highest BCUT2D eigenvalue weighted by atomic mass is 79.9. The Labute approximate surface area is 97.4 Å². The number of thiophene rings is 1. The molecule has 0 aliphatic carbocycles. The van der Waals surface area contributed by atoms with Crippen molar-refractivity contribution in [3.05, 3.63) is 20.8 Å². The topological polar surface area (TPSA) is 0 Å². The first-order chi connectivity index (χ1) is 6.13. The molecule has 3 heteroatoms. The van der Waals surface area contributed by atoms with E-state index in [4.69, 9.17) is 11.6 Å². The van der Waals surface area contributed by atoms with Gasteiger partial charge in [0.05, 0.1) is 3.79 Å². The highest BCUT2D eigenvalue weighted by Gasteiger charge is 2.13. The first-order valence-electron chi connectivity index (χ1n) is 4.43. The average Bonchev–Trinajstić information content (AvgIpc) is 2.46. The van der Waals surface area contributed by atoms with Crippen LogP contribution < -0.4 is 0 Å². The summed E-state index contributed by atoms with van der Waals surface area (Å²) in [6.07, 6.45) is 1.11. The van der Waals surface area contributed by atoms with Crippen LogP contribution in [-0.4, -0.2) is 5.88 Å². The van der Waals surface area contributed by atoms with Crippen molar-refractivity contribution < 1.29 is 0 Å². The van der Waals surface area contributed by atoms with E-state index in [0.29, 0.717) is 11.8 Å². The second-order valence-corrected chi connectivity index (χ2v) is 6.42. The third kappa shape index (κ3) is 3.61. The second-order valence-electron chi connectivity index (χ2n) is 3.57. The molecular weight excluding hydrogens is 268 g/mol. The SMILES string of the molecule is CC(C)C(CCl)Cc1ccc(Br)s1. The lowest BCUT2D eigenvalue weighted by molar-refractivity contribution is 0.425. The zero-order valence-corrected chi connectivity index (χ0v) is 11.0. The van der Waals surface area contributed by atoms with Crippen molar-refractivity contribution in [2.45, 2.75) is 20.3 Å². The summed E-state index contributed by atoms with van der Waals surface area (Å²) in [5.41, 5.74) is 0. The van der Waals surface area contributed by atoms with E-state index >= 15 is 0 Å². The van der Waals surface area contributed by atoms with Crippen molar-refractivity contribution in [3.8, 4) is 0 Å². The van der Waals surface area contributed by atoms with E-state index in [1.807, 2.05) is 0 Å². The third-order valence-electron chi connectivity index (χ3n) is 2.23. The van der Waals surface area contributed by atoms with Crippen molar-refractivity contribution in [1.82, 2.24) is 0 Å². The molecule has 0 aliphatic rings. The molecule has 0 aromatic carbocycles. The molecule has 0 N–H and O–H groups in total. The van der Waals surface area contributed by atoms with Gasteiger partial charge in [0.25, 0.3) is 0 Å². The molecule has 0 bridgehead atoms. The van der Waals surface area contributed by atoms with Crippen LogP contribution in [0.25, 0.3) is 0 Å². The maximum atomic E-state index is 5.91. The minimum Gasteiger partial charge on any atom is -0.133 e. The molecule has 1 atom stereocenters.